The molecule has 15 heavy (non-hydrogen) atoms. The van der Waals surface area contributed by atoms with Crippen LogP contribution in [0.4, 0.5) is 5.95 Å². The first-order valence-electron chi connectivity index (χ1n) is 5.07. The fourth-order valence-electron chi connectivity index (χ4n) is 1.45. The van der Waals surface area contributed by atoms with Gasteiger partial charge in [-0.1, -0.05) is 6.08 Å². The summed E-state index contributed by atoms with van der Waals surface area (Å²) in [7, 11) is 0. The molecular weight excluding hydrogens is 206 g/mol. The molecule has 3 nitrogen and oxygen atoms in total. The molecule has 4 heteroatoms. The van der Waals surface area contributed by atoms with Crippen LogP contribution in [0.2, 0.25) is 0 Å². The molecule has 1 unspecified atom stereocenters. The summed E-state index contributed by atoms with van der Waals surface area (Å²) in [5.41, 5.74) is 1.04. The van der Waals surface area contributed by atoms with Gasteiger partial charge >= 0.3 is 0 Å². The van der Waals surface area contributed by atoms with Gasteiger partial charge in [0.1, 0.15) is 0 Å². The number of nitrogens with one attached hydrogen (secondary N) is 1. The van der Waals surface area contributed by atoms with E-state index in [9.17, 15) is 0 Å². The Bertz CT molecular complexity index is 320. The van der Waals surface area contributed by atoms with E-state index in [1.54, 1.807) is 0 Å². The van der Waals surface area contributed by atoms with E-state index in [1.165, 1.54) is 0 Å². The smallest absolute Gasteiger partial charge is 0.203 e. The molecule has 1 rings (SSSR count). The molecular formula is C11H19N3S. The Morgan fingerprint density at radius 1 is 1.73 bits per heavy atom. The van der Waals surface area contributed by atoms with Crippen molar-refractivity contribution in [3.63, 3.8) is 0 Å². The van der Waals surface area contributed by atoms with Gasteiger partial charge in [0, 0.05) is 24.5 Å². The summed E-state index contributed by atoms with van der Waals surface area (Å²) < 4.78 is 2.08. The first kappa shape index (κ1) is 12.2. The zero-order valence-electron chi connectivity index (χ0n) is 9.66. The molecule has 1 aromatic heterocycles. The number of allylic oxidation sites excluding steroid dienone is 1. The summed E-state index contributed by atoms with van der Waals surface area (Å²) in [5, 5.41) is 3.40. The van der Waals surface area contributed by atoms with Crippen molar-refractivity contribution in [3.05, 3.63) is 24.5 Å². The maximum atomic E-state index is 4.45. The summed E-state index contributed by atoms with van der Waals surface area (Å²) in [6.07, 6.45) is 6.03. The fourth-order valence-corrected chi connectivity index (χ4v) is 2.04. The minimum Gasteiger partial charge on any atom is -0.352 e. The minimum atomic E-state index is 0.436. The normalized spacial score (nSPS) is 12.5. The van der Waals surface area contributed by atoms with Crippen molar-refractivity contribution in [1.29, 1.82) is 0 Å². The summed E-state index contributed by atoms with van der Waals surface area (Å²) >= 11 is 1.84. The number of anilines is 1. The molecule has 84 valence electrons. The predicted molar refractivity (Wildman–Crippen MR) is 68.6 cm³/mol. The summed E-state index contributed by atoms with van der Waals surface area (Å²) in [4.78, 5) is 4.45. The van der Waals surface area contributed by atoms with E-state index < -0.39 is 0 Å². The van der Waals surface area contributed by atoms with E-state index in [0.29, 0.717) is 6.04 Å². The van der Waals surface area contributed by atoms with Crippen molar-refractivity contribution >= 4 is 17.7 Å². The number of hydrogen-bond acceptors (Lipinski definition) is 3. The monoisotopic (exact) mass is 225 g/mol. The molecule has 1 atom stereocenters. The predicted octanol–water partition coefficient (Wildman–Crippen LogP) is 2.54. The summed E-state index contributed by atoms with van der Waals surface area (Å²) in [6, 6.07) is 0.436. The number of aryl methyl sites for hydroxylation is 1. The van der Waals surface area contributed by atoms with Crippen molar-refractivity contribution in [3.8, 4) is 0 Å². The number of imidazole rings is 1. The average Bonchev–Trinajstić information content (AvgIpc) is 2.47. The SMILES string of the molecule is C=CCn1cc(C)nc1NC(C)CSC. The molecule has 1 heterocycles. The molecule has 0 radical (unpaired) electrons. The number of thioether (sulfide) groups is 1. The molecule has 0 bridgehead atoms. The van der Waals surface area contributed by atoms with Crippen LogP contribution >= 0.6 is 11.8 Å². The number of rotatable bonds is 6. The summed E-state index contributed by atoms with van der Waals surface area (Å²) in [6.45, 7) is 8.71. The summed E-state index contributed by atoms with van der Waals surface area (Å²) in [5.74, 6) is 2.02. The Kier molecular flexibility index (Phi) is 4.75. The van der Waals surface area contributed by atoms with Crippen LogP contribution in [0.5, 0.6) is 0 Å². The molecule has 0 aliphatic rings. The van der Waals surface area contributed by atoms with Crippen LogP contribution in [0.3, 0.4) is 0 Å². The standard InChI is InChI=1S/C11H19N3S/c1-5-6-14-7-9(2)12-11(14)13-10(3)8-15-4/h5,7,10H,1,6,8H2,2-4H3,(H,12,13). The molecule has 0 fully saturated rings. The van der Waals surface area contributed by atoms with E-state index in [4.69, 9.17) is 0 Å². The molecule has 0 spiro atoms. The van der Waals surface area contributed by atoms with Crippen molar-refractivity contribution in [1.82, 2.24) is 9.55 Å². The molecule has 0 aliphatic carbocycles. The van der Waals surface area contributed by atoms with Crippen LogP contribution in [0.25, 0.3) is 0 Å². The first-order valence-corrected chi connectivity index (χ1v) is 6.47. The molecule has 1 aromatic rings. The zero-order valence-corrected chi connectivity index (χ0v) is 10.5. The van der Waals surface area contributed by atoms with Crippen LogP contribution in [-0.4, -0.2) is 27.6 Å². The first-order chi connectivity index (χ1) is 7.17. The lowest BCUT2D eigenvalue weighted by Gasteiger charge is -2.13. The highest BCUT2D eigenvalue weighted by atomic mass is 32.2. The van der Waals surface area contributed by atoms with Gasteiger partial charge in [-0.3, -0.25) is 0 Å². The molecule has 0 saturated carbocycles. The number of aromatic nitrogens is 2. The van der Waals surface area contributed by atoms with Crippen molar-refractivity contribution in [2.75, 3.05) is 17.3 Å². The number of hydrogen-bond donors (Lipinski definition) is 1. The third kappa shape index (κ3) is 3.63. The number of nitrogens with zero attached hydrogens (tertiary/aromatic N) is 2. The third-order valence-electron chi connectivity index (χ3n) is 2.01. The minimum absolute atomic E-state index is 0.436. The average molecular weight is 225 g/mol. The quantitative estimate of drug-likeness (QED) is 0.755. The molecule has 0 aliphatic heterocycles. The molecule has 0 aromatic carbocycles. The highest BCUT2D eigenvalue weighted by molar-refractivity contribution is 7.98. The Labute approximate surface area is 96.0 Å². The van der Waals surface area contributed by atoms with Gasteiger partial charge in [0.2, 0.25) is 5.95 Å². The van der Waals surface area contributed by atoms with Gasteiger partial charge in [0.05, 0.1) is 5.69 Å². The van der Waals surface area contributed by atoms with E-state index in [0.717, 1.165) is 23.9 Å². The lowest BCUT2D eigenvalue weighted by atomic mass is 10.4. The lowest BCUT2D eigenvalue weighted by Crippen LogP contribution is -2.20. The second-order valence-electron chi connectivity index (χ2n) is 3.65. The van der Waals surface area contributed by atoms with E-state index in [2.05, 4.69) is 34.6 Å². The van der Waals surface area contributed by atoms with Gasteiger partial charge in [-0.15, -0.1) is 6.58 Å². The Hall–Kier alpha value is -0.900. The fraction of sp³-hybridized carbons (Fsp3) is 0.545. The van der Waals surface area contributed by atoms with Gasteiger partial charge in [-0.25, -0.2) is 4.98 Å². The van der Waals surface area contributed by atoms with Gasteiger partial charge in [-0.2, -0.15) is 11.8 Å². The van der Waals surface area contributed by atoms with Gasteiger partial charge in [0.25, 0.3) is 0 Å². The van der Waals surface area contributed by atoms with Gasteiger partial charge < -0.3 is 9.88 Å². The van der Waals surface area contributed by atoms with Crippen LogP contribution in [0, 0.1) is 6.92 Å². The van der Waals surface area contributed by atoms with Crippen molar-refractivity contribution in [2.45, 2.75) is 26.4 Å². The van der Waals surface area contributed by atoms with Crippen LogP contribution in [0.1, 0.15) is 12.6 Å². The van der Waals surface area contributed by atoms with Crippen molar-refractivity contribution in [2.24, 2.45) is 0 Å². The van der Waals surface area contributed by atoms with Crippen molar-refractivity contribution < 1.29 is 0 Å². The highest BCUT2D eigenvalue weighted by Crippen LogP contribution is 2.11. The van der Waals surface area contributed by atoms with Crippen LogP contribution < -0.4 is 5.32 Å². The van der Waals surface area contributed by atoms with Crippen LogP contribution in [-0.2, 0) is 6.54 Å². The van der Waals surface area contributed by atoms with E-state index in [-0.39, 0.29) is 0 Å². The van der Waals surface area contributed by atoms with E-state index in [1.807, 2.05) is 31.0 Å². The van der Waals surface area contributed by atoms with Gasteiger partial charge in [-0.05, 0) is 20.1 Å². The molecule has 0 amide bonds. The Balaban J connectivity index is 2.69. The van der Waals surface area contributed by atoms with Crippen LogP contribution in [0.15, 0.2) is 18.9 Å². The lowest BCUT2D eigenvalue weighted by molar-refractivity contribution is 0.793. The molecule has 0 saturated heterocycles. The second-order valence-corrected chi connectivity index (χ2v) is 4.56. The Morgan fingerprint density at radius 3 is 3.07 bits per heavy atom. The van der Waals surface area contributed by atoms with E-state index >= 15 is 0 Å². The van der Waals surface area contributed by atoms with Gasteiger partial charge in [0.15, 0.2) is 0 Å². The largest absolute Gasteiger partial charge is 0.352 e. The second kappa shape index (κ2) is 5.85. The Morgan fingerprint density at radius 2 is 2.47 bits per heavy atom. The molecule has 1 N–H and O–H groups in total. The maximum Gasteiger partial charge on any atom is 0.203 e. The highest BCUT2D eigenvalue weighted by Gasteiger charge is 2.07. The topological polar surface area (TPSA) is 29.9 Å². The maximum absolute atomic E-state index is 4.45. The zero-order chi connectivity index (χ0) is 11.3. The third-order valence-corrected chi connectivity index (χ3v) is 2.85.